The number of hydrogen-bond donors (Lipinski definition) is 4. The molecule has 0 spiro atoms. The number of nitrogens with zero attached hydrogens (tertiary/aromatic N) is 4. The van der Waals surface area contributed by atoms with Crippen LogP contribution in [0.2, 0.25) is 0 Å². The molecule has 3 aromatic rings. The minimum absolute atomic E-state index is 0.0909. The molecule has 1 aliphatic rings. The second kappa shape index (κ2) is 11.9. The van der Waals surface area contributed by atoms with Crippen LogP contribution in [0.15, 0.2) is 48.8 Å². The van der Waals surface area contributed by atoms with Gasteiger partial charge in [0.05, 0.1) is 18.9 Å². The van der Waals surface area contributed by atoms with Crippen molar-refractivity contribution in [3.63, 3.8) is 0 Å². The molecule has 40 heavy (non-hydrogen) atoms. The molecule has 6 atom stereocenters. The molecule has 14 nitrogen and oxygen atoms in total. The van der Waals surface area contributed by atoms with E-state index in [1.165, 1.54) is 36.0 Å². The fourth-order valence-electron chi connectivity index (χ4n) is 4.10. The summed E-state index contributed by atoms with van der Waals surface area (Å²) in [6.07, 6.45) is -3.54. The summed E-state index contributed by atoms with van der Waals surface area (Å²) in [5.41, 5.74) is 4.26. The first-order valence-corrected chi connectivity index (χ1v) is 14.0. The summed E-state index contributed by atoms with van der Waals surface area (Å²) in [5, 5.41) is 38.5. The fraction of sp³-hybridized carbons (Fsp3) is 0.440. The van der Waals surface area contributed by atoms with Crippen molar-refractivity contribution in [1.82, 2.24) is 19.7 Å². The monoisotopic (exact) mass is 574 g/mol. The molecule has 214 valence electrons. The van der Waals surface area contributed by atoms with Gasteiger partial charge in [-0.05, 0) is 37.1 Å². The molecule has 0 radical (unpaired) electrons. The third-order valence-electron chi connectivity index (χ3n) is 6.13. The van der Waals surface area contributed by atoms with E-state index in [1.807, 2.05) is 19.9 Å². The van der Waals surface area contributed by atoms with Crippen molar-refractivity contribution in [2.75, 3.05) is 18.9 Å². The van der Waals surface area contributed by atoms with E-state index >= 15 is 0 Å². The molecular formula is C25H31N6O8P. The second-order valence-corrected chi connectivity index (χ2v) is 11.4. The summed E-state index contributed by atoms with van der Waals surface area (Å²) < 4.78 is 37.4. The highest BCUT2D eigenvalue weighted by Gasteiger charge is 2.58. The third kappa shape index (κ3) is 5.95. The highest BCUT2D eigenvalue weighted by molar-refractivity contribution is 7.52. The molecule has 1 aromatic carbocycles. The van der Waals surface area contributed by atoms with Gasteiger partial charge in [0.15, 0.2) is 5.82 Å². The molecule has 4 rings (SSSR count). The van der Waals surface area contributed by atoms with Crippen molar-refractivity contribution in [3.05, 3.63) is 54.5 Å². The van der Waals surface area contributed by atoms with E-state index in [0.717, 1.165) is 0 Å². The predicted octanol–water partition coefficient (Wildman–Crippen LogP) is 1.53. The normalized spacial score (nSPS) is 24.9. The van der Waals surface area contributed by atoms with E-state index in [0.29, 0.717) is 5.52 Å². The molecule has 1 saturated heterocycles. The van der Waals surface area contributed by atoms with Crippen LogP contribution in [0.3, 0.4) is 0 Å². The second-order valence-electron chi connectivity index (χ2n) is 9.67. The van der Waals surface area contributed by atoms with Gasteiger partial charge in [0.1, 0.15) is 48.0 Å². The summed E-state index contributed by atoms with van der Waals surface area (Å²) in [5.74, 6) is -0.273. The number of aliphatic hydroxyl groups is 2. The lowest BCUT2D eigenvalue weighted by atomic mass is 9.92. The number of carbonyl (C=O) groups excluding carboxylic acids is 1. The first kappa shape index (κ1) is 29.4. The van der Waals surface area contributed by atoms with E-state index in [2.05, 4.69) is 15.2 Å². The van der Waals surface area contributed by atoms with Gasteiger partial charge in [-0.1, -0.05) is 32.0 Å². The number of nitrogen functional groups attached to an aromatic ring is 1. The Labute approximate surface area is 230 Å². The first-order chi connectivity index (χ1) is 19.0. The summed E-state index contributed by atoms with van der Waals surface area (Å²) >= 11 is 0. The highest BCUT2D eigenvalue weighted by atomic mass is 31.2. The lowest BCUT2D eigenvalue weighted by Crippen LogP contribution is -2.41. The smallest absolute Gasteiger partial charge is 0.459 e. The predicted molar refractivity (Wildman–Crippen MR) is 141 cm³/mol. The Hall–Kier alpha value is -3.57. The van der Waals surface area contributed by atoms with Crippen LogP contribution in [0.25, 0.3) is 5.52 Å². The summed E-state index contributed by atoms with van der Waals surface area (Å²) in [7, 11) is -4.30. The topological polar surface area (TPSA) is 204 Å². The lowest BCUT2D eigenvalue weighted by Gasteiger charge is -2.25. The van der Waals surface area contributed by atoms with Crippen LogP contribution in [0.5, 0.6) is 5.75 Å². The van der Waals surface area contributed by atoms with Crippen LogP contribution in [0.1, 0.15) is 26.5 Å². The summed E-state index contributed by atoms with van der Waals surface area (Å²) in [4.78, 5) is 16.3. The molecule has 0 aliphatic carbocycles. The number of esters is 1. The van der Waals surface area contributed by atoms with E-state index in [4.69, 9.17) is 24.3 Å². The molecular weight excluding hydrogens is 543 g/mol. The van der Waals surface area contributed by atoms with Crippen molar-refractivity contribution in [2.24, 2.45) is 5.92 Å². The highest BCUT2D eigenvalue weighted by Crippen LogP contribution is 2.47. The number of rotatable bonds is 11. The maximum absolute atomic E-state index is 13.8. The molecule has 0 amide bonds. The van der Waals surface area contributed by atoms with E-state index in [-0.39, 0.29) is 29.8 Å². The third-order valence-corrected chi connectivity index (χ3v) is 7.77. The Kier molecular flexibility index (Phi) is 8.74. The van der Waals surface area contributed by atoms with Gasteiger partial charge in [-0.25, -0.2) is 14.1 Å². The van der Waals surface area contributed by atoms with Crippen LogP contribution in [0.4, 0.5) is 5.82 Å². The van der Waals surface area contributed by atoms with Crippen molar-refractivity contribution in [3.8, 4) is 11.8 Å². The molecule has 6 unspecified atom stereocenters. The number of ether oxygens (including phenoxy) is 2. The minimum atomic E-state index is -4.30. The number of fused-ring (bicyclic) bond motifs is 1. The van der Waals surface area contributed by atoms with Crippen LogP contribution in [-0.2, 0) is 29.0 Å². The van der Waals surface area contributed by atoms with Crippen LogP contribution in [-0.4, -0.2) is 68.3 Å². The standard InChI is InChI=1S/C25H31N6O8P/c1-15(2)11-36-24(34)16(3)30-40(35,39-17-7-5-4-6-8-17)37-12-19-21(32)22(33)25(13-26,38-19)20-10-9-18-23(27)28-14-29-31(18)20/h4-10,14-16,19,21-22,32-33H,11-12H2,1-3H3,(H,30,35)(H2,27,28,29). The number of para-hydroxylation sites is 1. The molecule has 0 bridgehead atoms. The number of aromatic nitrogens is 3. The van der Waals surface area contributed by atoms with Gasteiger partial charge in [-0.15, -0.1) is 0 Å². The number of nitrogens with two attached hydrogens (primary N) is 1. The van der Waals surface area contributed by atoms with Crippen molar-refractivity contribution in [2.45, 2.75) is 50.7 Å². The summed E-state index contributed by atoms with van der Waals surface area (Å²) in [6, 6.07) is 12.0. The zero-order valence-electron chi connectivity index (χ0n) is 22.1. The van der Waals surface area contributed by atoms with Crippen molar-refractivity contribution < 1.29 is 38.1 Å². The Balaban J connectivity index is 1.56. The van der Waals surface area contributed by atoms with E-state index in [1.54, 1.807) is 24.3 Å². The molecule has 0 saturated carbocycles. The van der Waals surface area contributed by atoms with Gasteiger partial charge in [-0.3, -0.25) is 9.32 Å². The van der Waals surface area contributed by atoms with E-state index < -0.39 is 50.3 Å². The number of hydrogen-bond acceptors (Lipinski definition) is 12. The molecule has 3 heterocycles. The lowest BCUT2D eigenvalue weighted by molar-refractivity contribution is -0.146. The molecule has 5 N–H and O–H groups in total. The number of nitriles is 1. The van der Waals surface area contributed by atoms with E-state index in [9.17, 15) is 24.8 Å². The Morgan fingerprint density at radius 3 is 2.67 bits per heavy atom. The van der Waals surface area contributed by atoms with Crippen molar-refractivity contribution in [1.29, 1.82) is 5.26 Å². The number of aliphatic hydroxyl groups excluding tert-OH is 2. The van der Waals surface area contributed by atoms with Crippen LogP contribution in [0, 0.1) is 17.2 Å². The molecule has 2 aromatic heterocycles. The van der Waals surface area contributed by atoms with Gasteiger partial charge in [0.25, 0.3) is 0 Å². The zero-order valence-corrected chi connectivity index (χ0v) is 23.0. The largest absolute Gasteiger partial charge is 0.464 e. The van der Waals surface area contributed by atoms with Crippen LogP contribution < -0.4 is 15.3 Å². The van der Waals surface area contributed by atoms with Gasteiger partial charge >= 0.3 is 13.7 Å². The van der Waals surface area contributed by atoms with Crippen LogP contribution >= 0.6 is 7.75 Å². The maximum Gasteiger partial charge on any atom is 0.459 e. The van der Waals surface area contributed by atoms with Gasteiger partial charge < -0.3 is 29.9 Å². The SMILES string of the molecule is CC(C)COC(=O)C(C)NP(=O)(OCC1OC(C#N)(c2ccc3c(N)ncnn23)C(O)C1O)Oc1ccccc1. The Morgan fingerprint density at radius 2 is 2.00 bits per heavy atom. The van der Waals surface area contributed by atoms with Crippen molar-refractivity contribution >= 4 is 25.1 Å². The summed E-state index contributed by atoms with van der Waals surface area (Å²) in [6.45, 7) is 4.76. The fourth-order valence-corrected chi connectivity index (χ4v) is 5.60. The molecule has 1 fully saturated rings. The Bertz CT molecular complexity index is 1430. The number of carbonyl (C=O) groups is 1. The quantitative estimate of drug-likeness (QED) is 0.190. The zero-order chi connectivity index (χ0) is 29.1. The molecule has 1 aliphatic heterocycles. The van der Waals surface area contributed by atoms with Gasteiger partial charge in [0.2, 0.25) is 5.60 Å². The number of benzene rings is 1. The average Bonchev–Trinajstić information content (AvgIpc) is 3.47. The van der Waals surface area contributed by atoms with Gasteiger partial charge in [-0.2, -0.15) is 15.4 Å². The Morgan fingerprint density at radius 1 is 1.27 bits per heavy atom. The minimum Gasteiger partial charge on any atom is -0.464 e. The maximum atomic E-state index is 13.8. The van der Waals surface area contributed by atoms with Gasteiger partial charge in [0, 0.05) is 0 Å². The number of nitrogens with one attached hydrogen (secondary N) is 1. The molecule has 15 heteroatoms. The number of anilines is 1. The average molecular weight is 575 g/mol. The first-order valence-electron chi connectivity index (χ1n) is 12.5.